The van der Waals surface area contributed by atoms with Crippen LogP contribution in [0, 0.1) is 0 Å². The summed E-state index contributed by atoms with van der Waals surface area (Å²) in [6.07, 6.45) is -0.173. The van der Waals surface area contributed by atoms with Gasteiger partial charge in [0, 0.05) is 10.9 Å². The van der Waals surface area contributed by atoms with Gasteiger partial charge < -0.3 is 19.4 Å². The summed E-state index contributed by atoms with van der Waals surface area (Å²) < 4.78 is 11.1. The van der Waals surface area contributed by atoms with Crippen molar-refractivity contribution in [2.24, 2.45) is 0 Å². The molecule has 0 unspecified atom stereocenters. The van der Waals surface area contributed by atoms with E-state index in [-0.39, 0.29) is 18.8 Å². The first kappa shape index (κ1) is 15.6. The molecule has 1 aromatic heterocycles. The van der Waals surface area contributed by atoms with Gasteiger partial charge in [0.15, 0.2) is 0 Å². The standard InChI is InChI=1S/C18H14O6/c19-16(20)9-11-5-1-3-7-14(11)23-10-13-12-6-2-4-8-15(12)24-17(13)18(21)22/h1-8H,9-10H2,(H,19,20)(H,21,22). The van der Waals surface area contributed by atoms with Gasteiger partial charge in [-0.15, -0.1) is 0 Å². The molecule has 0 bridgehead atoms. The number of carbonyl (C=O) groups is 2. The third kappa shape index (κ3) is 3.08. The van der Waals surface area contributed by atoms with Gasteiger partial charge in [0.25, 0.3) is 0 Å². The van der Waals surface area contributed by atoms with E-state index in [2.05, 4.69) is 0 Å². The van der Waals surface area contributed by atoms with Crippen molar-refractivity contribution in [2.45, 2.75) is 13.0 Å². The second-order valence-corrected chi connectivity index (χ2v) is 5.18. The maximum absolute atomic E-state index is 11.4. The summed E-state index contributed by atoms with van der Waals surface area (Å²) in [4.78, 5) is 22.3. The fourth-order valence-corrected chi connectivity index (χ4v) is 2.52. The zero-order chi connectivity index (χ0) is 17.1. The summed E-state index contributed by atoms with van der Waals surface area (Å²) >= 11 is 0. The van der Waals surface area contributed by atoms with Gasteiger partial charge in [-0.2, -0.15) is 0 Å². The van der Waals surface area contributed by atoms with Crippen LogP contribution in [0.2, 0.25) is 0 Å². The Labute approximate surface area is 136 Å². The van der Waals surface area contributed by atoms with Crippen molar-refractivity contribution >= 4 is 22.9 Å². The van der Waals surface area contributed by atoms with E-state index in [9.17, 15) is 14.7 Å². The average molecular weight is 326 g/mol. The lowest BCUT2D eigenvalue weighted by molar-refractivity contribution is -0.136. The maximum atomic E-state index is 11.4. The fraction of sp³-hybridized carbons (Fsp3) is 0.111. The van der Waals surface area contributed by atoms with Crippen LogP contribution < -0.4 is 4.74 Å². The normalized spacial score (nSPS) is 10.7. The van der Waals surface area contributed by atoms with Gasteiger partial charge in [0.1, 0.15) is 17.9 Å². The number of carboxylic acids is 2. The van der Waals surface area contributed by atoms with Crippen LogP contribution in [0.15, 0.2) is 52.9 Å². The minimum Gasteiger partial charge on any atom is -0.488 e. The largest absolute Gasteiger partial charge is 0.488 e. The van der Waals surface area contributed by atoms with Gasteiger partial charge in [-0.3, -0.25) is 4.79 Å². The molecule has 0 aliphatic carbocycles. The molecule has 0 saturated carbocycles. The molecule has 2 N–H and O–H groups in total. The lowest BCUT2D eigenvalue weighted by Crippen LogP contribution is -2.06. The molecule has 3 aromatic rings. The Morgan fingerprint density at radius 3 is 2.46 bits per heavy atom. The molecule has 24 heavy (non-hydrogen) atoms. The molecule has 122 valence electrons. The second-order valence-electron chi connectivity index (χ2n) is 5.18. The van der Waals surface area contributed by atoms with Crippen molar-refractivity contribution in [2.75, 3.05) is 0 Å². The van der Waals surface area contributed by atoms with Gasteiger partial charge in [-0.25, -0.2) is 4.79 Å². The molecule has 6 nitrogen and oxygen atoms in total. The summed E-state index contributed by atoms with van der Waals surface area (Å²) in [5, 5.41) is 18.9. The first-order chi connectivity index (χ1) is 11.6. The smallest absolute Gasteiger partial charge is 0.372 e. The fourth-order valence-electron chi connectivity index (χ4n) is 2.52. The van der Waals surface area contributed by atoms with E-state index in [0.717, 1.165) is 0 Å². The van der Waals surface area contributed by atoms with Crippen LogP contribution >= 0.6 is 0 Å². The van der Waals surface area contributed by atoms with E-state index in [4.69, 9.17) is 14.3 Å². The summed E-state index contributed by atoms with van der Waals surface area (Å²) in [7, 11) is 0. The van der Waals surface area contributed by atoms with Crippen molar-refractivity contribution in [1.82, 2.24) is 0 Å². The molecule has 0 amide bonds. The van der Waals surface area contributed by atoms with E-state index < -0.39 is 11.9 Å². The van der Waals surface area contributed by atoms with E-state index >= 15 is 0 Å². The third-order valence-electron chi connectivity index (χ3n) is 3.58. The minimum absolute atomic E-state index is 0.0325. The van der Waals surface area contributed by atoms with E-state index in [1.54, 1.807) is 48.5 Å². The molecule has 1 heterocycles. The number of benzene rings is 2. The topological polar surface area (TPSA) is 97.0 Å². The van der Waals surface area contributed by atoms with Crippen LogP contribution in [0.4, 0.5) is 0 Å². The molecule has 0 atom stereocenters. The predicted molar refractivity (Wildman–Crippen MR) is 85.3 cm³/mol. The van der Waals surface area contributed by atoms with Gasteiger partial charge in [0.05, 0.1) is 12.0 Å². The number of furan rings is 1. The number of hydrogen-bond acceptors (Lipinski definition) is 4. The first-order valence-electron chi connectivity index (χ1n) is 7.22. The Morgan fingerprint density at radius 2 is 1.71 bits per heavy atom. The molecular formula is C18H14O6. The number of aromatic carboxylic acids is 1. The number of hydrogen-bond donors (Lipinski definition) is 2. The highest BCUT2D eigenvalue weighted by atomic mass is 16.5. The van der Waals surface area contributed by atoms with E-state index in [0.29, 0.717) is 27.8 Å². The summed E-state index contributed by atoms with van der Waals surface area (Å²) in [6, 6.07) is 13.7. The SMILES string of the molecule is O=C(O)Cc1ccccc1OCc1c(C(=O)O)oc2ccccc12. The molecule has 3 rings (SSSR count). The summed E-state index contributed by atoms with van der Waals surface area (Å²) in [5.74, 6) is -1.91. The lowest BCUT2D eigenvalue weighted by Gasteiger charge is -2.10. The highest BCUT2D eigenvalue weighted by Crippen LogP contribution is 2.28. The summed E-state index contributed by atoms with van der Waals surface area (Å²) in [6.45, 7) is -0.0325. The number of fused-ring (bicyclic) bond motifs is 1. The Kier molecular flexibility index (Phi) is 4.20. The van der Waals surface area contributed by atoms with Crippen molar-refractivity contribution in [3.8, 4) is 5.75 Å². The van der Waals surface area contributed by atoms with Crippen molar-refractivity contribution in [1.29, 1.82) is 0 Å². The Hall–Kier alpha value is -3.28. The Morgan fingerprint density at radius 1 is 1.00 bits per heavy atom. The zero-order valence-electron chi connectivity index (χ0n) is 12.6. The third-order valence-corrected chi connectivity index (χ3v) is 3.58. The van der Waals surface area contributed by atoms with Crippen LogP contribution in [0.5, 0.6) is 5.75 Å². The highest BCUT2D eigenvalue weighted by molar-refractivity contribution is 5.95. The minimum atomic E-state index is -1.18. The number of para-hydroxylation sites is 2. The number of ether oxygens (including phenoxy) is 1. The number of aliphatic carboxylic acids is 1. The lowest BCUT2D eigenvalue weighted by atomic mass is 10.1. The predicted octanol–water partition coefficient (Wildman–Crippen LogP) is 3.34. The molecule has 2 aromatic carbocycles. The molecule has 0 spiro atoms. The van der Waals surface area contributed by atoms with Crippen molar-refractivity contribution < 1.29 is 29.0 Å². The molecule has 0 radical (unpaired) electrons. The maximum Gasteiger partial charge on any atom is 0.372 e. The van der Waals surface area contributed by atoms with Gasteiger partial charge in [-0.05, 0) is 12.1 Å². The van der Waals surface area contributed by atoms with Crippen LogP contribution in [0.25, 0.3) is 11.0 Å². The molecule has 0 aliphatic rings. The summed E-state index contributed by atoms with van der Waals surface area (Å²) in [5.41, 5.74) is 1.41. The van der Waals surface area contributed by atoms with E-state index in [1.807, 2.05) is 0 Å². The van der Waals surface area contributed by atoms with Crippen LogP contribution in [-0.2, 0) is 17.8 Å². The molecule has 6 heteroatoms. The van der Waals surface area contributed by atoms with Gasteiger partial charge in [0.2, 0.25) is 5.76 Å². The monoisotopic (exact) mass is 326 g/mol. The van der Waals surface area contributed by atoms with Crippen LogP contribution in [0.1, 0.15) is 21.7 Å². The van der Waals surface area contributed by atoms with E-state index in [1.165, 1.54) is 0 Å². The molecular weight excluding hydrogens is 312 g/mol. The van der Waals surface area contributed by atoms with Crippen molar-refractivity contribution in [3.63, 3.8) is 0 Å². The molecule has 0 fully saturated rings. The van der Waals surface area contributed by atoms with Crippen LogP contribution in [-0.4, -0.2) is 22.2 Å². The second kappa shape index (κ2) is 6.45. The molecule has 0 saturated heterocycles. The highest BCUT2D eigenvalue weighted by Gasteiger charge is 2.20. The quantitative estimate of drug-likeness (QED) is 0.721. The van der Waals surface area contributed by atoms with Gasteiger partial charge in [-0.1, -0.05) is 36.4 Å². The number of rotatable bonds is 6. The number of carboxylic acid groups (broad SMARTS) is 2. The average Bonchev–Trinajstić information content (AvgIpc) is 2.92. The zero-order valence-corrected chi connectivity index (χ0v) is 12.6. The van der Waals surface area contributed by atoms with Gasteiger partial charge >= 0.3 is 11.9 Å². The Balaban J connectivity index is 1.93. The van der Waals surface area contributed by atoms with Crippen LogP contribution in [0.3, 0.4) is 0 Å². The van der Waals surface area contributed by atoms with Crippen molar-refractivity contribution in [3.05, 3.63) is 65.4 Å². The first-order valence-corrected chi connectivity index (χ1v) is 7.22. The Bertz CT molecular complexity index is 909. The molecule has 0 aliphatic heterocycles.